The van der Waals surface area contributed by atoms with Gasteiger partial charge in [-0.25, -0.2) is 0 Å². The maximum atomic E-state index is 12.3. The Bertz CT molecular complexity index is 846. The summed E-state index contributed by atoms with van der Waals surface area (Å²) < 4.78 is 11.2. The molecule has 0 unspecified atom stereocenters. The molecule has 9 heteroatoms. The summed E-state index contributed by atoms with van der Waals surface area (Å²) in [4.78, 5) is 23.4. The van der Waals surface area contributed by atoms with Crippen molar-refractivity contribution in [2.75, 3.05) is 62.9 Å². The number of benzene rings is 1. The van der Waals surface area contributed by atoms with E-state index in [9.17, 15) is 4.79 Å². The molecule has 0 radical (unpaired) electrons. The third-order valence-electron chi connectivity index (χ3n) is 5.85. The third-order valence-corrected chi connectivity index (χ3v) is 6.81. The zero-order chi connectivity index (χ0) is 20.9. The van der Waals surface area contributed by atoms with Crippen molar-refractivity contribution in [3.63, 3.8) is 0 Å². The normalized spacial score (nSPS) is 18.9. The van der Waals surface area contributed by atoms with Crippen LogP contribution >= 0.6 is 11.8 Å². The number of amides is 1. The zero-order valence-corrected chi connectivity index (χ0v) is 18.4. The number of oxazole rings is 1. The number of nitrogens with two attached hydrogens (primary N) is 1. The Kier molecular flexibility index (Phi) is 7.01. The summed E-state index contributed by atoms with van der Waals surface area (Å²) in [6.45, 7) is 5.65. The van der Waals surface area contributed by atoms with E-state index in [1.165, 1.54) is 0 Å². The van der Waals surface area contributed by atoms with Crippen LogP contribution in [0.1, 0.15) is 19.3 Å². The van der Waals surface area contributed by atoms with E-state index < -0.39 is 0 Å². The molecule has 30 heavy (non-hydrogen) atoms. The Balaban J connectivity index is 1.17. The van der Waals surface area contributed by atoms with Gasteiger partial charge >= 0.3 is 0 Å². The predicted octanol–water partition coefficient (Wildman–Crippen LogP) is 1.99. The lowest BCUT2D eigenvalue weighted by Crippen LogP contribution is -2.46. The number of fused-ring (bicyclic) bond motifs is 1. The molecule has 1 atom stereocenters. The van der Waals surface area contributed by atoms with Crippen LogP contribution in [-0.2, 0) is 4.79 Å². The average molecular weight is 434 g/mol. The minimum Gasteiger partial charge on any atom is -0.497 e. The fourth-order valence-corrected chi connectivity index (χ4v) is 4.92. The maximum absolute atomic E-state index is 12.3. The summed E-state index contributed by atoms with van der Waals surface area (Å²) in [7, 11) is 1.65. The van der Waals surface area contributed by atoms with Crippen molar-refractivity contribution in [3.8, 4) is 5.75 Å². The molecule has 0 aliphatic carbocycles. The molecule has 1 aromatic heterocycles. The van der Waals surface area contributed by atoms with Crippen LogP contribution in [0.3, 0.4) is 0 Å². The largest absolute Gasteiger partial charge is 0.497 e. The van der Waals surface area contributed by atoms with E-state index in [1.54, 1.807) is 18.9 Å². The molecule has 2 aliphatic heterocycles. The van der Waals surface area contributed by atoms with Gasteiger partial charge in [0.15, 0.2) is 5.58 Å². The molecule has 2 fully saturated rings. The highest BCUT2D eigenvalue weighted by Crippen LogP contribution is 2.26. The van der Waals surface area contributed by atoms with Gasteiger partial charge in [0, 0.05) is 44.5 Å². The Morgan fingerprint density at radius 2 is 2.10 bits per heavy atom. The molecule has 2 aliphatic rings. The second kappa shape index (κ2) is 9.89. The zero-order valence-electron chi connectivity index (χ0n) is 17.6. The lowest BCUT2D eigenvalue weighted by molar-refractivity contribution is -0.131. The monoisotopic (exact) mass is 433 g/mol. The molecule has 0 saturated carbocycles. The van der Waals surface area contributed by atoms with Gasteiger partial charge in [-0.3, -0.25) is 9.69 Å². The highest BCUT2D eigenvalue weighted by Gasteiger charge is 2.24. The van der Waals surface area contributed by atoms with Crippen LogP contribution in [0.15, 0.2) is 22.6 Å². The van der Waals surface area contributed by atoms with Crippen molar-refractivity contribution in [1.82, 2.24) is 14.8 Å². The van der Waals surface area contributed by atoms with E-state index >= 15 is 0 Å². The van der Waals surface area contributed by atoms with Gasteiger partial charge in [-0.05, 0) is 31.5 Å². The number of ether oxygens (including phenoxy) is 1. The second-order valence-corrected chi connectivity index (χ2v) is 8.97. The van der Waals surface area contributed by atoms with Crippen molar-refractivity contribution in [2.24, 2.45) is 5.73 Å². The van der Waals surface area contributed by atoms with E-state index in [4.69, 9.17) is 14.9 Å². The van der Waals surface area contributed by atoms with Crippen molar-refractivity contribution >= 4 is 34.8 Å². The molecule has 0 bridgehead atoms. The van der Waals surface area contributed by atoms with Crippen LogP contribution in [0.5, 0.6) is 5.75 Å². The number of nitrogens with zero attached hydrogens (tertiary/aromatic N) is 4. The van der Waals surface area contributed by atoms with Crippen LogP contribution in [0.25, 0.3) is 11.1 Å². The lowest BCUT2D eigenvalue weighted by Gasteiger charge is -2.33. The highest BCUT2D eigenvalue weighted by atomic mass is 32.2. The SMILES string of the molecule is COc1ccc2oc(N3CCN(CCCC[C@H](N)C(=O)N4CCSC4)CC3)nc2c1. The topological polar surface area (TPSA) is 88.1 Å². The van der Waals surface area contributed by atoms with E-state index in [2.05, 4.69) is 14.8 Å². The first-order valence-corrected chi connectivity index (χ1v) is 11.8. The van der Waals surface area contributed by atoms with Gasteiger partial charge in [-0.15, -0.1) is 11.8 Å². The molecule has 8 nitrogen and oxygen atoms in total. The van der Waals surface area contributed by atoms with E-state index in [0.717, 1.165) is 87.0 Å². The summed E-state index contributed by atoms with van der Waals surface area (Å²) in [5.41, 5.74) is 7.71. The second-order valence-electron chi connectivity index (χ2n) is 7.90. The van der Waals surface area contributed by atoms with E-state index in [1.807, 2.05) is 23.1 Å². The first kappa shape index (κ1) is 21.3. The first-order chi connectivity index (χ1) is 14.6. The van der Waals surface area contributed by atoms with Gasteiger partial charge in [0.05, 0.1) is 19.0 Å². The number of carbonyl (C=O) groups excluding carboxylic acids is 1. The van der Waals surface area contributed by atoms with Crippen molar-refractivity contribution in [3.05, 3.63) is 18.2 Å². The van der Waals surface area contributed by atoms with Crippen LogP contribution in [0, 0.1) is 0 Å². The van der Waals surface area contributed by atoms with Gasteiger partial charge in [-0.1, -0.05) is 6.42 Å². The predicted molar refractivity (Wildman–Crippen MR) is 120 cm³/mol. The number of aromatic nitrogens is 1. The van der Waals surface area contributed by atoms with Gasteiger partial charge in [0.1, 0.15) is 11.3 Å². The Morgan fingerprint density at radius 3 is 2.83 bits per heavy atom. The standard InChI is InChI=1S/C21H31N5O3S/c1-28-16-5-6-19-18(14-16)23-21(29-19)25-10-8-24(9-11-25)7-3-2-4-17(22)20(27)26-12-13-30-15-26/h5-6,14,17H,2-4,7-13,15,22H2,1H3/t17-/m0/s1. The van der Waals surface area contributed by atoms with Gasteiger partial charge in [-0.2, -0.15) is 4.98 Å². The van der Waals surface area contributed by atoms with Crippen LogP contribution in [0.2, 0.25) is 0 Å². The molecule has 1 aromatic carbocycles. The van der Waals surface area contributed by atoms with Crippen LogP contribution < -0.4 is 15.4 Å². The van der Waals surface area contributed by atoms with Gasteiger partial charge in [0.25, 0.3) is 6.01 Å². The Hall–Kier alpha value is -1.97. The number of anilines is 1. The summed E-state index contributed by atoms with van der Waals surface area (Å²) in [5.74, 6) is 2.73. The quantitative estimate of drug-likeness (QED) is 0.633. The lowest BCUT2D eigenvalue weighted by atomic mass is 10.1. The fraction of sp³-hybridized carbons (Fsp3) is 0.619. The molecular weight excluding hydrogens is 402 g/mol. The Morgan fingerprint density at radius 1 is 1.27 bits per heavy atom. The molecular formula is C21H31N5O3S. The summed E-state index contributed by atoms with van der Waals surface area (Å²) >= 11 is 1.80. The van der Waals surface area contributed by atoms with Crippen LogP contribution in [0.4, 0.5) is 6.01 Å². The third kappa shape index (κ3) is 5.01. The molecule has 164 valence electrons. The first-order valence-electron chi connectivity index (χ1n) is 10.7. The minimum atomic E-state index is -0.349. The number of carbonyl (C=O) groups is 1. The number of hydrogen-bond acceptors (Lipinski definition) is 8. The number of unbranched alkanes of at least 4 members (excludes halogenated alkanes) is 1. The van der Waals surface area contributed by atoms with Crippen LogP contribution in [-0.4, -0.2) is 84.7 Å². The number of hydrogen-bond donors (Lipinski definition) is 1. The van der Waals surface area contributed by atoms with E-state index in [-0.39, 0.29) is 11.9 Å². The smallest absolute Gasteiger partial charge is 0.298 e. The summed E-state index contributed by atoms with van der Waals surface area (Å²) in [5, 5.41) is 0. The molecule has 2 aromatic rings. The number of methoxy groups -OCH3 is 1. The summed E-state index contributed by atoms with van der Waals surface area (Å²) in [6, 6.07) is 6.02. The van der Waals surface area contributed by atoms with Gasteiger partial charge < -0.3 is 24.7 Å². The molecule has 1 amide bonds. The number of thioether (sulfide) groups is 1. The molecule has 3 heterocycles. The highest BCUT2D eigenvalue weighted by molar-refractivity contribution is 7.99. The molecule has 2 saturated heterocycles. The average Bonchev–Trinajstić information content (AvgIpc) is 3.46. The number of rotatable bonds is 8. The number of piperazine rings is 1. The molecule has 4 rings (SSSR count). The molecule has 0 spiro atoms. The summed E-state index contributed by atoms with van der Waals surface area (Å²) in [6.07, 6.45) is 2.83. The van der Waals surface area contributed by atoms with E-state index in [0.29, 0.717) is 6.01 Å². The van der Waals surface area contributed by atoms with Crippen molar-refractivity contribution < 1.29 is 13.9 Å². The Labute approximate surface area is 181 Å². The maximum Gasteiger partial charge on any atom is 0.298 e. The van der Waals surface area contributed by atoms with Gasteiger partial charge in [0.2, 0.25) is 5.91 Å². The molecule has 2 N–H and O–H groups in total. The van der Waals surface area contributed by atoms with Crippen molar-refractivity contribution in [2.45, 2.75) is 25.3 Å². The minimum absolute atomic E-state index is 0.115. The van der Waals surface area contributed by atoms with Crippen molar-refractivity contribution in [1.29, 1.82) is 0 Å². The fourth-order valence-electron chi connectivity index (χ4n) is 3.97.